The smallest absolute Gasteiger partial charge is 0.336 e. The zero-order valence-electron chi connectivity index (χ0n) is 10.7. The van der Waals surface area contributed by atoms with Gasteiger partial charge in [-0.15, -0.1) is 11.8 Å². The number of nitrogens with zero attached hydrogens (tertiary/aromatic N) is 1. The average molecular weight is 311 g/mol. The number of thioether (sulfide) groups is 1. The predicted octanol–water partition coefficient (Wildman–Crippen LogP) is 2.07. The molecule has 0 aliphatic rings. The summed E-state index contributed by atoms with van der Waals surface area (Å²) in [5.74, 6) is -0.474. The van der Waals surface area contributed by atoms with Crippen molar-refractivity contribution in [2.45, 2.75) is 5.03 Å². The van der Waals surface area contributed by atoms with Gasteiger partial charge >= 0.3 is 5.97 Å². The highest BCUT2D eigenvalue weighted by atomic mass is 32.2. The molecule has 7 heteroatoms. The van der Waals surface area contributed by atoms with Crippen LogP contribution in [0.3, 0.4) is 0 Å². The van der Waals surface area contributed by atoms with Crippen molar-refractivity contribution >= 4 is 38.5 Å². The van der Waals surface area contributed by atoms with Gasteiger partial charge in [-0.3, -0.25) is 0 Å². The number of hydrogen-bond donors (Lipinski definition) is 1. The van der Waals surface area contributed by atoms with Crippen molar-refractivity contribution in [1.29, 1.82) is 0 Å². The molecule has 5 nitrogen and oxygen atoms in total. The summed E-state index contributed by atoms with van der Waals surface area (Å²) in [5.41, 5.74) is 0.803. The number of carboxylic acid groups (broad SMARTS) is 1. The molecule has 0 spiro atoms. The molecule has 0 saturated carbocycles. The highest BCUT2D eigenvalue weighted by molar-refractivity contribution is 8.00. The molecule has 0 unspecified atom stereocenters. The lowest BCUT2D eigenvalue weighted by atomic mass is 10.1. The van der Waals surface area contributed by atoms with E-state index in [4.69, 9.17) is 5.11 Å². The van der Waals surface area contributed by atoms with Crippen LogP contribution in [-0.2, 0) is 9.84 Å². The quantitative estimate of drug-likeness (QED) is 0.851. The summed E-state index contributed by atoms with van der Waals surface area (Å²) in [7, 11) is -2.98. The van der Waals surface area contributed by atoms with Crippen LogP contribution in [0.2, 0.25) is 0 Å². The fourth-order valence-electron chi connectivity index (χ4n) is 1.70. The zero-order chi connectivity index (χ0) is 14.8. The molecule has 2 rings (SSSR count). The monoisotopic (exact) mass is 311 g/mol. The number of carbonyl (C=O) groups is 1. The summed E-state index contributed by atoms with van der Waals surface area (Å²) in [4.78, 5) is 15.4. The van der Waals surface area contributed by atoms with Crippen molar-refractivity contribution in [3.8, 4) is 0 Å². The largest absolute Gasteiger partial charge is 0.478 e. The highest BCUT2D eigenvalue weighted by Gasteiger charge is 2.09. The van der Waals surface area contributed by atoms with E-state index in [1.165, 1.54) is 24.1 Å². The molecule has 0 aliphatic carbocycles. The van der Waals surface area contributed by atoms with Crippen molar-refractivity contribution in [1.82, 2.24) is 4.98 Å². The number of hydrogen-bond acceptors (Lipinski definition) is 5. The van der Waals surface area contributed by atoms with Gasteiger partial charge in [-0.2, -0.15) is 0 Å². The van der Waals surface area contributed by atoms with Gasteiger partial charge in [0, 0.05) is 17.4 Å². The number of fused-ring (bicyclic) bond motifs is 1. The molecule has 0 aliphatic heterocycles. The van der Waals surface area contributed by atoms with Crippen LogP contribution in [0.4, 0.5) is 0 Å². The Kier molecular flexibility index (Phi) is 4.29. The Bertz CT molecular complexity index is 756. The van der Waals surface area contributed by atoms with Crippen molar-refractivity contribution in [3.63, 3.8) is 0 Å². The SMILES string of the molecule is CS(=O)(=O)CCSc1ccc2c(C(=O)O)cccc2n1. The van der Waals surface area contributed by atoms with Gasteiger partial charge in [0.15, 0.2) is 0 Å². The fraction of sp³-hybridized carbons (Fsp3) is 0.231. The van der Waals surface area contributed by atoms with Crippen LogP contribution in [0.25, 0.3) is 10.9 Å². The minimum absolute atomic E-state index is 0.0898. The van der Waals surface area contributed by atoms with Gasteiger partial charge in [0.25, 0.3) is 0 Å². The lowest BCUT2D eigenvalue weighted by molar-refractivity contribution is 0.0699. The number of carboxylic acids is 1. The maximum atomic E-state index is 11.1. The van der Waals surface area contributed by atoms with Crippen LogP contribution >= 0.6 is 11.8 Å². The summed E-state index contributed by atoms with van der Waals surface area (Å²) in [6.45, 7) is 0. The first kappa shape index (κ1) is 14.8. The van der Waals surface area contributed by atoms with Gasteiger partial charge in [-0.05, 0) is 24.3 Å². The number of benzene rings is 1. The zero-order valence-corrected chi connectivity index (χ0v) is 12.4. The Balaban J connectivity index is 2.24. The van der Waals surface area contributed by atoms with E-state index < -0.39 is 15.8 Å². The molecule has 1 aromatic carbocycles. The third kappa shape index (κ3) is 3.71. The fourth-order valence-corrected chi connectivity index (χ4v) is 3.78. The van der Waals surface area contributed by atoms with E-state index in [1.54, 1.807) is 24.3 Å². The Morgan fingerprint density at radius 2 is 2.05 bits per heavy atom. The van der Waals surface area contributed by atoms with E-state index in [9.17, 15) is 13.2 Å². The maximum Gasteiger partial charge on any atom is 0.336 e. The topological polar surface area (TPSA) is 84.3 Å². The van der Waals surface area contributed by atoms with Gasteiger partial charge in [0.05, 0.1) is 21.9 Å². The minimum Gasteiger partial charge on any atom is -0.478 e. The van der Waals surface area contributed by atoms with E-state index in [1.807, 2.05) is 0 Å². The van der Waals surface area contributed by atoms with Crippen LogP contribution in [0.5, 0.6) is 0 Å². The van der Waals surface area contributed by atoms with Gasteiger partial charge in [0.1, 0.15) is 9.84 Å². The first-order valence-corrected chi connectivity index (χ1v) is 8.85. The standard InChI is InChI=1S/C13H13NO4S2/c1-20(17,18)8-7-19-12-6-5-9-10(13(15)16)3-2-4-11(9)14-12/h2-6H,7-8H2,1H3,(H,15,16). The Labute approximate surface area is 120 Å². The number of sulfone groups is 1. The number of aromatic carboxylic acids is 1. The van der Waals surface area contributed by atoms with E-state index in [0.29, 0.717) is 21.7 Å². The van der Waals surface area contributed by atoms with Crippen molar-refractivity contribution in [3.05, 3.63) is 35.9 Å². The van der Waals surface area contributed by atoms with Crippen molar-refractivity contribution in [2.24, 2.45) is 0 Å². The van der Waals surface area contributed by atoms with E-state index in [-0.39, 0.29) is 11.3 Å². The molecule has 0 bridgehead atoms. The second-order valence-corrected chi connectivity index (χ2v) is 7.68. The summed E-state index contributed by atoms with van der Waals surface area (Å²) in [5, 5.41) is 10.3. The summed E-state index contributed by atoms with van der Waals surface area (Å²) >= 11 is 1.34. The third-order valence-electron chi connectivity index (χ3n) is 2.64. The first-order valence-electron chi connectivity index (χ1n) is 5.80. The summed E-state index contributed by atoms with van der Waals surface area (Å²) in [6, 6.07) is 8.32. The molecule has 1 N–H and O–H groups in total. The molecule has 20 heavy (non-hydrogen) atoms. The molecule has 1 aromatic heterocycles. The van der Waals surface area contributed by atoms with Crippen LogP contribution in [0.1, 0.15) is 10.4 Å². The Morgan fingerprint density at radius 1 is 1.30 bits per heavy atom. The Morgan fingerprint density at radius 3 is 2.70 bits per heavy atom. The van der Waals surface area contributed by atoms with Crippen LogP contribution < -0.4 is 0 Å². The second-order valence-electron chi connectivity index (χ2n) is 4.31. The highest BCUT2D eigenvalue weighted by Crippen LogP contribution is 2.22. The number of aromatic nitrogens is 1. The lowest BCUT2D eigenvalue weighted by Crippen LogP contribution is -2.05. The molecule has 0 saturated heterocycles. The van der Waals surface area contributed by atoms with Crippen LogP contribution in [0.15, 0.2) is 35.4 Å². The van der Waals surface area contributed by atoms with E-state index in [0.717, 1.165) is 0 Å². The summed E-state index contributed by atoms with van der Waals surface area (Å²) in [6.07, 6.45) is 1.19. The molecule has 2 aromatic rings. The van der Waals surface area contributed by atoms with E-state index in [2.05, 4.69) is 4.98 Å². The van der Waals surface area contributed by atoms with Gasteiger partial charge in [-0.25, -0.2) is 18.2 Å². The number of pyridine rings is 1. The van der Waals surface area contributed by atoms with Crippen LogP contribution in [0, 0.1) is 0 Å². The molecule has 0 atom stereocenters. The van der Waals surface area contributed by atoms with Gasteiger partial charge in [-0.1, -0.05) is 6.07 Å². The van der Waals surface area contributed by atoms with Gasteiger partial charge in [0.2, 0.25) is 0 Å². The van der Waals surface area contributed by atoms with Crippen molar-refractivity contribution < 1.29 is 18.3 Å². The summed E-state index contributed by atoms with van der Waals surface area (Å²) < 4.78 is 22.1. The molecule has 0 radical (unpaired) electrons. The van der Waals surface area contributed by atoms with E-state index >= 15 is 0 Å². The third-order valence-corrected chi connectivity index (χ3v) is 4.78. The lowest BCUT2D eigenvalue weighted by Gasteiger charge is -2.04. The maximum absolute atomic E-state index is 11.1. The molecule has 1 heterocycles. The first-order chi connectivity index (χ1) is 9.37. The number of rotatable bonds is 5. The molecule has 106 valence electrons. The predicted molar refractivity (Wildman–Crippen MR) is 79.1 cm³/mol. The molecule has 0 amide bonds. The normalized spacial score (nSPS) is 11.7. The molecular formula is C13H13NO4S2. The van der Waals surface area contributed by atoms with Crippen molar-refractivity contribution in [2.75, 3.05) is 17.8 Å². The molecule has 0 fully saturated rings. The van der Waals surface area contributed by atoms with Gasteiger partial charge < -0.3 is 5.11 Å². The average Bonchev–Trinajstić information content (AvgIpc) is 2.36. The Hall–Kier alpha value is -1.60. The molecular weight excluding hydrogens is 298 g/mol. The second kappa shape index (κ2) is 5.80. The minimum atomic E-state index is -2.98. The van der Waals surface area contributed by atoms with Crippen LogP contribution in [-0.4, -0.2) is 42.2 Å².